The van der Waals surface area contributed by atoms with E-state index in [9.17, 15) is 5.11 Å². The van der Waals surface area contributed by atoms with Crippen molar-refractivity contribution in [2.24, 2.45) is 0 Å². The van der Waals surface area contributed by atoms with E-state index in [0.717, 1.165) is 16.9 Å². The zero-order chi connectivity index (χ0) is 15.4. The molecule has 0 aromatic heterocycles. The Hall–Kier alpha value is -1.06. The van der Waals surface area contributed by atoms with Crippen molar-refractivity contribution < 1.29 is 9.84 Å². The molecule has 0 aliphatic heterocycles. The highest BCUT2D eigenvalue weighted by Gasteiger charge is 2.23. The predicted molar refractivity (Wildman–Crippen MR) is 86.9 cm³/mol. The highest BCUT2D eigenvalue weighted by atomic mass is 16.5. The fraction of sp³-hybridized carbons (Fsp3) is 0.667. The van der Waals surface area contributed by atoms with E-state index in [0.29, 0.717) is 12.6 Å². The third kappa shape index (κ3) is 3.98. The van der Waals surface area contributed by atoms with Crippen LogP contribution in [0.1, 0.15) is 54.9 Å². The summed E-state index contributed by atoms with van der Waals surface area (Å²) < 4.78 is 5.50. The quantitative estimate of drug-likeness (QED) is 0.899. The van der Waals surface area contributed by atoms with Gasteiger partial charge in [0.1, 0.15) is 5.75 Å². The molecule has 1 N–H and O–H groups in total. The van der Waals surface area contributed by atoms with E-state index in [2.05, 4.69) is 24.9 Å². The number of rotatable bonds is 5. The topological polar surface area (TPSA) is 32.7 Å². The van der Waals surface area contributed by atoms with Gasteiger partial charge in [0.25, 0.3) is 0 Å². The molecular weight excluding hydrogens is 262 g/mol. The molecule has 3 nitrogen and oxygen atoms in total. The summed E-state index contributed by atoms with van der Waals surface area (Å²) in [5, 5.41) is 10.7. The van der Waals surface area contributed by atoms with Crippen LogP contribution in [0.3, 0.4) is 0 Å². The van der Waals surface area contributed by atoms with Gasteiger partial charge in [-0.25, -0.2) is 0 Å². The van der Waals surface area contributed by atoms with Gasteiger partial charge in [-0.15, -0.1) is 0 Å². The van der Waals surface area contributed by atoms with Gasteiger partial charge in [-0.2, -0.15) is 0 Å². The molecule has 0 radical (unpaired) electrons. The standard InChI is InChI=1S/C18H29NO2/c1-13-10-14(2)18(21-4)16(11-13)17(20)12-19(3)15-8-6-5-7-9-15/h10-11,15,17,20H,5-9,12H2,1-4H3. The summed E-state index contributed by atoms with van der Waals surface area (Å²) in [6.45, 7) is 4.77. The Balaban J connectivity index is 2.10. The Morgan fingerprint density at radius 2 is 1.90 bits per heavy atom. The largest absolute Gasteiger partial charge is 0.496 e. The molecule has 1 unspecified atom stereocenters. The minimum atomic E-state index is -0.495. The summed E-state index contributed by atoms with van der Waals surface area (Å²) in [5.74, 6) is 0.824. The van der Waals surface area contributed by atoms with Crippen LogP contribution in [-0.2, 0) is 0 Å². The fourth-order valence-corrected chi connectivity index (χ4v) is 3.56. The third-order valence-corrected chi connectivity index (χ3v) is 4.67. The second-order valence-corrected chi connectivity index (χ2v) is 6.45. The van der Waals surface area contributed by atoms with Crippen LogP contribution < -0.4 is 4.74 Å². The first-order valence-electron chi connectivity index (χ1n) is 8.06. The maximum Gasteiger partial charge on any atom is 0.127 e. The van der Waals surface area contributed by atoms with Gasteiger partial charge >= 0.3 is 0 Å². The maximum atomic E-state index is 10.7. The van der Waals surface area contributed by atoms with Crippen LogP contribution in [-0.4, -0.2) is 36.8 Å². The van der Waals surface area contributed by atoms with Gasteiger partial charge in [0, 0.05) is 18.2 Å². The fourth-order valence-electron chi connectivity index (χ4n) is 3.56. The minimum absolute atomic E-state index is 0.495. The number of hydrogen-bond acceptors (Lipinski definition) is 3. The molecule has 3 heteroatoms. The lowest BCUT2D eigenvalue weighted by Gasteiger charge is -2.33. The molecule has 0 amide bonds. The highest BCUT2D eigenvalue weighted by molar-refractivity contribution is 5.45. The molecular formula is C18H29NO2. The summed E-state index contributed by atoms with van der Waals surface area (Å²) in [7, 11) is 3.81. The SMILES string of the molecule is COc1c(C)cc(C)cc1C(O)CN(C)C1CCCCC1. The molecule has 118 valence electrons. The lowest BCUT2D eigenvalue weighted by Crippen LogP contribution is -2.36. The second-order valence-electron chi connectivity index (χ2n) is 6.45. The predicted octanol–water partition coefficient (Wildman–Crippen LogP) is 3.61. The number of hydrogen-bond donors (Lipinski definition) is 1. The maximum absolute atomic E-state index is 10.7. The molecule has 1 saturated carbocycles. The first kappa shape index (κ1) is 16.3. The zero-order valence-corrected chi connectivity index (χ0v) is 13.9. The van der Waals surface area contributed by atoms with Gasteiger partial charge in [-0.05, 0) is 45.4 Å². The lowest BCUT2D eigenvalue weighted by atomic mass is 9.93. The smallest absolute Gasteiger partial charge is 0.127 e. The van der Waals surface area contributed by atoms with Gasteiger partial charge in [-0.1, -0.05) is 30.9 Å². The van der Waals surface area contributed by atoms with Crippen LogP contribution in [0.2, 0.25) is 0 Å². The van der Waals surface area contributed by atoms with E-state index in [-0.39, 0.29) is 0 Å². The second kappa shape index (κ2) is 7.28. The van der Waals surface area contributed by atoms with Crippen LogP contribution in [0.5, 0.6) is 5.75 Å². The summed E-state index contributed by atoms with van der Waals surface area (Å²) in [4.78, 5) is 2.32. The number of aryl methyl sites for hydroxylation is 2. The van der Waals surface area contributed by atoms with Crippen molar-refractivity contribution in [2.75, 3.05) is 20.7 Å². The Morgan fingerprint density at radius 3 is 2.52 bits per heavy atom. The molecule has 1 aromatic rings. The van der Waals surface area contributed by atoms with Crippen molar-refractivity contribution in [2.45, 2.75) is 58.1 Å². The third-order valence-electron chi connectivity index (χ3n) is 4.67. The van der Waals surface area contributed by atoms with E-state index in [1.807, 2.05) is 13.0 Å². The van der Waals surface area contributed by atoms with Gasteiger partial charge in [0.15, 0.2) is 0 Å². The lowest BCUT2D eigenvalue weighted by molar-refractivity contribution is 0.0896. The van der Waals surface area contributed by atoms with Crippen LogP contribution in [0, 0.1) is 13.8 Å². The van der Waals surface area contributed by atoms with Crippen LogP contribution in [0.15, 0.2) is 12.1 Å². The summed E-state index contributed by atoms with van der Waals surface area (Å²) in [6.07, 6.45) is 6.01. The number of likely N-dealkylation sites (N-methyl/N-ethyl adjacent to an activating group) is 1. The van der Waals surface area contributed by atoms with Gasteiger partial charge in [-0.3, -0.25) is 0 Å². The number of methoxy groups -OCH3 is 1. The molecule has 1 fully saturated rings. The minimum Gasteiger partial charge on any atom is -0.496 e. The van der Waals surface area contributed by atoms with Crippen LogP contribution >= 0.6 is 0 Å². The molecule has 0 bridgehead atoms. The van der Waals surface area contributed by atoms with Gasteiger partial charge in [0.05, 0.1) is 13.2 Å². The molecule has 0 spiro atoms. The molecule has 1 aromatic carbocycles. The number of ether oxygens (including phenoxy) is 1. The van der Waals surface area contributed by atoms with Gasteiger partial charge in [0.2, 0.25) is 0 Å². The van der Waals surface area contributed by atoms with Crippen LogP contribution in [0.4, 0.5) is 0 Å². The van der Waals surface area contributed by atoms with Crippen molar-refractivity contribution in [3.8, 4) is 5.75 Å². The first-order valence-corrected chi connectivity index (χ1v) is 8.06. The molecule has 0 heterocycles. The van der Waals surface area contributed by atoms with Crippen molar-refractivity contribution in [1.82, 2.24) is 4.90 Å². The zero-order valence-electron chi connectivity index (χ0n) is 13.9. The first-order chi connectivity index (χ1) is 10.0. The Labute approximate surface area is 128 Å². The van der Waals surface area contributed by atoms with Crippen molar-refractivity contribution in [3.05, 3.63) is 28.8 Å². The number of aliphatic hydroxyl groups excluding tert-OH is 1. The van der Waals surface area contributed by atoms with Crippen molar-refractivity contribution in [1.29, 1.82) is 0 Å². The number of aliphatic hydroxyl groups is 1. The van der Waals surface area contributed by atoms with E-state index in [1.54, 1.807) is 7.11 Å². The van der Waals surface area contributed by atoms with E-state index in [4.69, 9.17) is 4.74 Å². The molecule has 1 atom stereocenters. The van der Waals surface area contributed by atoms with Crippen molar-refractivity contribution in [3.63, 3.8) is 0 Å². The Kier molecular flexibility index (Phi) is 5.65. The van der Waals surface area contributed by atoms with Crippen LogP contribution in [0.25, 0.3) is 0 Å². The summed E-state index contributed by atoms with van der Waals surface area (Å²) in [5.41, 5.74) is 3.17. The molecule has 21 heavy (non-hydrogen) atoms. The van der Waals surface area contributed by atoms with E-state index >= 15 is 0 Å². The Morgan fingerprint density at radius 1 is 1.24 bits per heavy atom. The van der Waals surface area contributed by atoms with E-state index in [1.165, 1.54) is 37.7 Å². The monoisotopic (exact) mass is 291 g/mol. The average molecular weight is 291 g/mol. The summed E-state index contributed by atoms with van der Waals surface area (Å²) in [6, 6.07) is 4.76. The van der Waals surface area contributed by atoms with Crippen molar-refractivity contribution >= 4 is 0 Å². The molecule has 1 aliphatic rings. The van der Waals surface area contributed by atoms with E-state index < -0.39 is 6.10 Å². The average Bonchev–Trinajstić information content (AvgIpc) is 2.47. The molecule has 0 saturated heterocycles. The number of benzene rings is 1. The highest BCUT2D eigenvalue weighted by Crippen LogP contribution is 2.31. The summed E-state index contributed by atoms with van der Waals surface area (Å²) >= 11 is 0. The van der Waals surface area contributed by atoms with Gasteiger partial charge < -0.3 is 14.7 Å². The molecule has 1 aliphatic carbocycles. The Bertz CT molecular complexity index is 467. The molecule has 2 rings (SSSR count). The normalized spacial score (nSPS) is 18.0. The number of nitrogens with zero attached hydrogens (tertiary/aromatic N) is 1.